The molecule has 1 atom stereocenters. The Morgan fingerprint density at radius 1 is 1.50 bits per heavy atom. The molecule has 0 saturated heterocycles. The van der Waals surface area contributed by atoms with Crippen molar-refractivity contribution >= 4 is 23.1 Å². The molecule has 1 unspecified atom stereocenters. The maximum Gasteiger partial charge on any atom is 0.316 e. The molecule has 1 N–H and O–H groups in total. The summed E-state index contributed by atoms with van der Waals surface area (Å²) >= 11 is 0. The van der Waals surface area contributed by atoms with Crippen LogP contribution in [0.25, 0.3) is 0 Å². The zero-order valence-electron chi connectivity index (χ0n) is 5.15. The summed E-state index contributed by atoms with van der Waals surface area (Å²) in [5.41, 5.74) is 0. The van der Waals surface area contributed by atoms with E-state index in [1.807, 2.05) is 0 Å². The highest BCUT2D eigenvalue weighted by Gasteiger charge is 1.93. The lowest BCUT2D eigenvalue weighted by Crippen LogP contribution is -1.98. The molecule has 0 saturated carbocycles. The van der Waals surface area contributed by atoms with Gasteiger partial charge in [0.25, 0.3) is 0 Å². The van der Waals surface area contributed by atoms with Crippen LogP contribution in [0.4, 0.5) is 0 Å². The van der Waals surface area contributed by atoms with Gasteiger partial charge in [0.1, 0.15) is 0 Å². The van der Waals surface area contributed by atoms with Crippen molar-refractivity contribution in [2.24, 2.45) is 5.92 Å². The van der Waals surface area contributed by atoms with Gasteiger partial charge in [-0.1, -0.05) is 20.3 Å². The van der Waals surface area contributed by atoms with Crippen LogP contribution in [0.3, 0.4) is 0 Å². The third-order valence-electron chi connectivity index (χ3n) is 1.09. The van der Waals surface area contributed by atoms with Gasteiger partial charge in [0.2, 0.25) is 0 Å². The molecule has 0 aromatic heterocycles. The fraction of sp³-hybridized carbons (Fsp3) is 1.00. The topological polar surface area (TPSA) is 20.2 Å². The zero-order chi connectivity index (χ0) is 5.70. The van der Waals surface area contributed by atoms with E-state index in [0.29, 0.717) is 12.5 Å². The van der Waals surface area contributed by atoms with Crippen LogP contribution >= 0.6 is 0 Å². The van der Waals surface area contributed by atoms with Gasteiger partial charge < -0.3 is 5.11 Å². The van der Waals surface area contributed by atoms with Gasteiger partial charge in [0, 0.05) is 6.61 Å². The molecule has 0 heterocycles. The van der Waals surface area contributed by atoms with Crippen molar-refractivity contribution in [2.75, 3.05) is 6.61 Å². The molecule has 0 fully saturated rings. The highest BCUT2D eigenvalue weighted by atomic mass is 24.3. The van der Waals surface area contributed by atoms with Gasteiger partial charge in [0.05, 0.1) is 0 Å². The van der Waals surface area contributed by atoms with Crippen molar-refractivity contribution < 1.29 is 5.11 Å². The van der Waals surface area contributed by atoms with Crippen LogP contribution in [-0.4, -0.2) is 34.8 Å². The van der Waals surface area contributed by atoms with Gasteiger partial charge in [-0.3, -0.25) is 0 Å². The summed E-state index contributed by atoms with van der Waals surface area (Å²) in [5.74, 6) is 0.505. The molecule has 0 radical (unpaired) electrons. The molecule has 0 aliphatic rings. The maximum absolute atomic E-state index is 8.47. The van der Waals surface area contributed by atoms with E-state index in [2.05, 4.69) is 13.8 Å². The van der Waals surface area contributed by atoms with E-state index >= 15 is 0 Å². The standard InChI is InChI=1S/C6H14O.Mg.2H/c1-3-4-6(2)5-7;;;/h6-7H,3-5H2,1-2H3;;;. The first-order valence-corrected chi connectivity index (χ1v) is 2.92. The predicted molar refractivity (Wildman–Crippen MR) is 39.7 cm³/mol. The van der Waals surface area contributed by atoms with Crippen LogP contribution < -0.4 is 0 Å². The normalized spacial score (nSPS) is 12.4. The summed E-state index contributed by atoms with van der Waals surface area (Å²) in [6, 6.07) is 0. The number of hydrogen-bond donors (Lipinski definition) is 1. The summed E-state index contributed by atoms with van der Waals surface area (Å²) in [7, 11) is 0. The molecule has 0 bridgehead atoms. The number of rotatable bonds is 3. The highest BCUT2D eigenvalue weighted by molar-refractivity contribution is 5.75. The maximum atomic E-state index is 8.47. The molecule has 0 rings (SSSR count). The average Bonchev–Trinajstić information content (AvgIpc) is 1.68. The molecule has 0 aromatic rings. The van der Waals surface area contributed by atoms with Crippen molar-refractivity contribution in [1.29, 1.82) is 0 Å². The van der Waals surface area contributed by atoms with Crippen molar-refractivity contribution in [1.82, 2.24) is 0 Å². The Kier molecular flexibility index (Phi) is 11.1. The minimum atomic E-state index is 0. The van der Waals surface area contributed by atoms with Crippen LogP contribution in [0.15, 0.2) is 0 Å². The second-order valence-corrected chi connectivity index (χ2v) is 2.08. The highest BCUT2D eigenvalue weighted by Crippen LogP contribution is 2.01. The summed E-state index contributed by atoms with van der Waals surface area (Å²) in [5, 5.41) is 8.47. The van der Waals surface area contributed by atoms with Crippen molar-refractivity contribution in [3.63, 3.8) is 0 Å². The van der Waals surface area contributed by atoms with E-state index in [-0.39, 0.29) is 23.1 Å². The largest absolute Gasteiger partial charge is 0.396 e. The van der Waals surface area contributed by atoms with Crippen LogP contribution in [0.1, 0.15) is 26.7 Å². The Bertz CT molecular complexity index is 39.5. The fourth-order valence-electron chi connectivity index (χ4n) is 0.584. The first-order chi connectivity index (χ1) is 3.31. The van der Waals surface area contributed by atoms with E-state index in [0.717, 1.165) is 6.42 Å². The van der Waals surface area contributed by atoms with Crippen LogP contribution in [-0.2, 0) is 0 Å². The lowest BCUT2D eigenvalue weighted by Gasteiger charge is -2.01. The van der Waals surface area contributed by atoms with E-state index in [1.165, 1.54) is 6.42 Å². The number of aliphatic hydroxyl groups is 1. The molecule has 48 valence electrons. The molecule has 1 nitrogen and oxygen atoms in total. The molecular formula is C6H16MgO. The van der Waals surface area contributed by atoms with Gasteiger partial charge in [0.15, 0.2) is 0 Å². The van der Waals surface area contributed by atoms with E-state index in [1.54, 1.807) is 0 Å². The van der Waals surface area contributed by atoms with E-state index in [9.17, 15) is 0 Å². The third kappa shape index (κ3) is 6.73. The number of aliphatic hydroxyl groups excluding tert-OH is 1. The van der Waals surface area contributed by atoms with E-state index < -0.39 is 0 Å². The van der Waals surface area contributed by atoms with Gasteiger partial charge in [-0.05, 0) is 12.3 Å². The Balaban J connectivity index is 0. The van der Waals surface area contributed by atoms with Crippen LogP contribution in [0, 0.1) is 5.92 Å². The Morgan fingerprint density at radius 3 is 2.12 bits per heavy atom. The third-order valence-corrected chi connectivity index (χ3v) is 1.09. The quantitative estimate of drug-likeness (QED) is 0.549. The van der Waals surface area contributed by atoms with Crippen LogP contribution in [0.2, 0.25) is 0 Å². The Labute approximate surface area is 67.6 Å². The molecule has 0 aliphatic carbocycles. The van der Waals surface area contributed by atoms with Crippen LogP contribution in [0.5, 0.6) is 0 Å². The number of hydrogen-bond acceptors (Lipinski definition) is 1. The summed E-state index contributed by atoms with van der Waals surface area (Å²) in [4.78, 5) is 0. The molecule has 0 aliphatic heterocycles. The first-order valence-electron chi connectivity index (χ1n) is 2.92. The molecule has 0 spiro atoms. The second-order valence-electron chi connectivity index (χ2n) is 2.08. The average molecular weight is 128 g/mol. The first kappa shape index (κ1) is 11.5. The molecule has 0 amide bonds. The van der Waals surface area contributed by atoms with Crippen molar-refractivity contribution in [3.8, 4) is 0 Å². The van der Waals surface area contributed by atoms with Gasteiger partial charge >= 0.3 is 23.1 Å². The SMILES string of the molecule is CCCC(C)CO.[MgH2]. The summed E-state index contributed by atoms with van der Waals surface area (Å²) in [6.45, 7) is 4.53. The van der Waals surface area contributed by atoms with E-state index in [4.69, 9.17) is 5.11 Å². The van der Waals surface area contributed by atoms with Gasteiger partial charge in [-0.25, -0.2) is 0 Å². The fourth-order valence-corrected chi connectivity index (χ4v) is 0.584. The minimum Gasteiger partial charge on any atom is -0.396 e. The van der Waals surface area contributed by atoms with Crippen molar-refractivity contribution in [3.05, 3.63) is 0 Å². The summed E-state index contributed by atoms with van der Waals surface area (Å²) < 4.78 is 0. The minimum absolute atomic E-state index is 0. The molecule has 0 aromatic carbocycles. The monoisotopic (exact) mass is 128 g/mol. The van der Waals surface area contributed by atoms with Gasteiger partial charge in [-0.2, -0.15) is 0 Å². The summed E-state index contributed by atoms with van der Waals surface area (Å²) in [6.07, 6.45) is 2.33. The molecular weight excluding hydrogens is 112 g/mol. The smallest absolute Gasteiger partial charge is 0.316 e. The lowest BCUT2D eigenvalue weighted by atomic mass is 10.1. The zero-order valence-corrected chi connectivity index (χ0v) is 5.15. The second kappa shape index (κ2) is 7.73. The molecule has 2 heteroatoms. The Morgan fingerprint density at radius 2 is 2.00 bits per heavy atom. The Hall–Kier alpha value is 0.726. The van der Waals surface area contributed by atoms with Gasteiger partial charge in [-0.15, -0.1) is 0 Å². The molecule has 8 heavy (non-hydrogen) atoms. The van der Waals surface area contributed by atoms with Crippen molar-refractivity contribution in [2.45, 2.75) is 26.7 Å². The predicted octanol–water partition coefficient (Wildman–Crippen LogP) is 0.499. The lowest BCUT2D eigenvalue weighted by molar-refractivity contribution is 0.229.